The van der Waals surface area contributed by atoms with Crippen molar-refractivity contribution in [3.8, 4) is 22.6 Å². The third-order valence-corrected chi connectivity index (χ3v) is 8.41. The van der Waals surface area contributed by atoms with Crippen LogP contribution in [0.4, 0.5) is 0 Å². The maximum Gasteiger partial charge on any atom is 0.137 e. The second-order valence-corrected chi connectivity index (χ2v) is 10.8. The summed E-state index contributed by atoms with van der Waals surface area (Å²) in [6.07, 6.45) is 5.61. The average Bonchev–Trinajstić information content (AvgIpc) is 3.55. The fourth-order valence-corrected chi connectivity index (χ4v) is 6.50. The molecule has 0 aliphatic rings. The number of nitrogens with zero attached hydrogens (tertiary/aromatic N) is 4. The van der Waals surface area contributed by atoms with Crippen LogP contribution in [0, 0.1) is 0 Å². The highest BCUT2D eigenvalue weighted by Crippen LogP contribution is 2.39. The summed E-state index contributed by atoms with van der Waals surface area (Å²) in [6.45, 7) is 0. The van der Waals surface area contributed by atoms with E-state index in [9.17, 15) is 0 Å². The molecular weight excluding hydrogens is 512 g/mol. The molecule has 0 unspecified atom stereocenters. The molecule has 4 heteroatoms. The van der Waals surface area contributed by atoms with Crippen LogP contribution in [0.3, 0.4) is 0 Å². The Morgan fingerprint density at radius 1 is 0.429 bits per heavy atom. The Labute approximate surface area is 241 Å². The van der Waals surface area contributed by atoms with Crippen molar-refractivity contribution < 1.29 is 0 Å². The van der Waals surface area contributed by atoms with E-state index < -0.39 is 0 Å². The minimum absolute atomic E-state index is 0.896. The van der Waals surface area contributed by atoms with Crippen LogP contribution < -0.4 is 0 Å². The van der Waals surface area contributed by atoms with Gasteiger partial charge in [0.05, 0.1) is 22.1 Å². The lowest BCUT2D eigenvalue weighted by molar-refractivity contribution is 1.08. The van der Waals surface area contributed by atoms with Gasteiger partial charge < -0.3 is 4.57 Å². The first-order valence-electron chi connectivity index (χ1n) is 14.2. The van der Waals surface area contributed by atoms with Crippen molar-refractivity contribution in [3.05, 3.63) is 146 Å². The summed E-state index contributed by atoms with van der Waals surface area (Å²) in [5, 5.41) is 7.40. The van der Waals surface area contributed by atoms with Gasteiger partial charge in [-0.15, -0.1) is 0 Å². The standard InChI is InChI=1S/C38H24N4/c1-2-10-29(11-3-1)41-34-14-6-4-12-30(34)32-19-27-20-33-31-13-5-7-15-35(31)42(37(33)22-28(27)21-36(32)41)38-17-16-26(24-40-38)25-9-8-18-39-23-25/h1-24H. The first kappa shape index (κ1) is 23.0. The molecule has 0 atom stereocenters. The van der Waals surface area contributed by atoms with Crippen LogP contribution in [0.1, 0.15) is 0 Å². The van der Waals surface area contributed by atoms with E-state index >= 15 is 0 Å². The van der Waals surface area contributed by atoms with Crippen LogP contribution in [0.2, 0.25) is 0 Å². The van der Waals surface area contributed by atoms with E-state index in [0.717, 1.165) is 33.7 Å². The van der Waals surface area contributed by atoms with Crippen LogP contribution in [-0.2, 0) is 0 Å². The van der Waals surface area contributed by atoms with Crippen molar-refractivity contribution in [2.45, 2.75) is 0 Å². The lowest BCUT2D eigenvalue weighted by Gasteiger charge is -2.10. The van der Waals surface area contributed by atoms with E-state index in [1.165, 1.54) is 43.4 Å². The van der Waals surface area contributed by atoms with Gasteiger partial charge in [-0.1, -0.05) is 60.7 Å². The molecule has 0 saturated carbocycles. The van der Waals surface area contributed by atoms with Crippen molar-refractivity contribution in [2.75, 3.05) is 0 Å². The lowest BCUT2D eigenvalue weighted by atomic mass is 10.0. The van der Waals surface area contributed by atoms with Gasteiger partial charge in [-0.2, -0.15) is 0 Å². The Bertz CT molecular complexity index is 2430. The Balaban J connectivity index is 1.33. The molecule has 196 valence electrons. The number of hydrogen-bond acceptors (Lipinski definition) is 2. The van der Waals surface area contributed by atoms with Crippen LogP contribution in [0.25, 0.3) is 77.0 Å². The molecule has 0 aliphatic heterocycles. The van der Waals surface area contributed by atoms with E-state index in [4.69, 9.17) is 4.98 Å². The number of para-hydroxylation sites is 3. The van der Waals surface area contributed by atoms with Crippen LogP contribution >= 0.6 is 0 Å². The molecule has 0 radical (unpaired) electrons. The molecule has 9 aromatic rings. The summed E-state index contributed by atoms with van der Waals surface area (Å²) in [7, 11) is 0. The fourth-order valence-electron chi connectivity index (χ4n) is 6.50. The smallest absolute Gasteiger partial charge is 0.137 e. The van der Waals surface area contributed by atoms with E-state index in [0.29, 0.717) is 0 Å². The number of rotatable bonds is 3. The van der Waals surface area contributed by atoms with E-state index in [1.54, 1.807) is 6.20 Å². The number of fused-ring (bicyclic) bond motifs is 7. The third kappa shape index (κ3) is 3.36. The molecule has 4 nitrogen and oxygen atoms in total. The largest absolute Gasteiger partial charge is 0.309 e. The summed E-state index contributed by atoms with van der Waals surface area (Å²) in [5.41, 5.74) is 7.98. The number of hydrogen-bond donors (Lipinski definition) is 0. The Morgan fingerprint density at radius 3 is 1.71 bits per heavy atom. The van der Waals surface area contributed by atoms with Crippen molar-refractivity contribution >= 4 is 54.4 Å². The van der Waals surface area contributed by atoms with E-state index in [-0.39, 0.29) is 0 Å². The molecule has 0 bridgehead atoms. The Hall–Kier alpha value is -5.74. The molecule has 0 N–H and O–H groups in total. The predicted molar refractivity (Wildman–Crippen MR) is 174 cm³/mol. The lowest BCUT2D eigenvalue weighted by Crippen LogP contribution is -1.97. The summed E-state index contributed by atoms with van der Waals surface area (Å²) in [5.74, 6) is 0.896. The van der Waals surface area contributed by atoms with Crippen LogP contribution in [-0.4, -0.2) is 19.1 Å². The highest BCUT2D eigenvalue weighted by Gasteiger charge is 2.17. The summed E-state index contributed by atoms with van der Waals surface area (Å²) < 4.78 is 4.66. The molecule has 4 heterocycles. The zero-order valence-corrected chi connectivity index (χ0v) is 22.6. The topological polar surface area (TPSA) is 35.6 Å². The number of pyridine rings is 2. The highest BCUT2D eigenvalue weighted by atomic mass is 15.1. The number of aromatic nitrogens is 4. The monoisotopic (exact) mass is 536 g/mol. The summed E-state index contributed by atoms with van der Waals surface area (Å²) in [6, 6.07) is 45.6. The first-order valence-corrected chi connectivity index (χ1v) is 14.2. The molecule has 4 aromatic heterocycles. The molecule has 0 amide bonds. The quantitative estimate of drug-likeness (QED) is 0.225. The van der Waals surface area contributed by atoms with Crippen LogP contribution in [0.5, 0.6) is 0 Å². The molecule has 42 heavy (non-hydrogen) atoms. The van der Waals surface area contributed by atoms with Gasteiger partial charge in [0.25, 0.3) is 0 Å². The molecule has 0 saturated heterocycles. The van der Waals surface area contributed by atoms with Gasteiger partial charge in [0.15, 0.2) is 0 Å². The van der Waals surface area contributed by atoms with E-state index in [2.05, 4.69) is 135 Å². The highest BCUT2D eigenvalue weighted by molar-refractivity contribution is 6.18. The SMILES string of the molecule is c1ccc(-n2c3ccccc3c3cc4cc5c6ccccc6n(-c6ccc(-c7cccnc7)cn6)c5cc4cc32)cc1. The average molecular weight is 537 g/mol. The van der Waals surface area contributed by atoms with E-state index in [1.807, 2.05) is 18.5 Å². The fraction of sp³-hybridized carbons (Fsp3) is 0. The Kier molecular flexibility index (Phi) is 4.87. The zero-order chi connectivity index (χ0) is 27.6. The molecule has 0 spiro atoms. The van der Waals surface area contributed by atoms with Gasteiger partial charge in [0.1, 0.15) is 5.82 Å². The normalized spacial score (nSPS) is 11.8. The van der Waals surface area contributed by atoms with Gasteiger partial charge in [0.2, 0.25) is 0 Å². The number of benzene rings is 5. The predicted octanol–water partition coefficient (Wildman–Crippen LogP) is 9.49. The van der Waals surface area contributed by atoms with Crippen LogP contribution in [0.15, 0.2) is 146 Å². The minimum atomic E-state index is 0.896. The zero-order valence-electron chi connectivity index (χ0n) is 22.6. The summed E-state index contributed by atoms with van der Waals surface area (Å²) in [4.78, 5) is 9.21. The van der Waals surface area contributed by atoms with Crippen molar-refractivity contribution in [2.24, 2.45) is 0 Å². The van der Waals surface area contributed by atoms with Crippen molar-refractivity contribution in [1.29, 1.82) is 0 Å². The maximum atomic E-state index is 4.94. The third-order valence-electron chi connectivity index (χ3n) is 8.41. The summed E-state index contributed by atoms with van der Waals surface area (Å²) >= 11 is 0. The second kappa shape index (κ2) is 8.88. The molecule has 0 aliphatic carbocycles. The maximum absolute atomic E-state index is 4.94. The molecule has 9 rings (SSSR count). The van der Waals surface area contributed by atoms with Gasteiger partial charge >= 0.3 is 0 Å². The first-order chi connectivity index (χ1) is 20.8. The van der Waals surface area contributed by atoms with Gasteiger partial charge in [-0.25, -0.2) is 4.98 Å². The molecule has 5 aromatic carbocycles. The minimum Gasteiger partial charge on any atom is -0.309 e. The van der Waals surface area contributed by atoms with Gasteiger partial charge in [-0.05, 0) is 77.5 Å². The van der Waals surface area contributed by atoms with Gasteiger partial charge in [0, 0.05) is 56.9 Å². The van der Waals surface area contributed by atoms with Gasteiger partial charge in [-0.3, -0.25) is 9.55 Å². The molecular formula is C38H24N4. The van der Waals surface area contributed by atoms with Crippen molar-refractivity contribution in [1.82, 2.24) is 19.1 Å². The van der Waals surface area contributed by atoms with Crippen molar-refractivity contribution in [3.63, 3.8) is 0 Å². The Morgan fingerprint density at radius 2 is 1.05 bits per heavy atom. The molecule has 0 fully saturated rings. The second-order valence-electron chi connectivity index (χ2n) is 10.8.